The zero-order valence-electron chi connectivity index (χ0n) is 18.6. The van der Waals surface area contributed by atoms with Crippen molar-refractivity contribution in [3.63, 3.8) is 0 Å². The molecule has 0 spiro atoms. The van der Waals surface area contributed by atoms with E-state index < -0.39 is 17.8 Å². The van der Waals surface area contributed by atoms with Gasteiger partial charge in [-0.05, 0) is 35.7 Å². The highest BCUT2D eigenvalue weighted by molar-refractivity contribution is 6.09. The van der Waals surface area contributed by atoms with Crippen LogP contribution in [0.3, 0.4) is 0 Å². The number of fused-ring (bicyclic) bond motifs is 2. The lowest BCUT2D eigenvalue weighted by Gasteiger charge is -2.39. The third kappa shape index (κ3) is 3.74. The van der Waals surface area contributed by atoms with Crippen LogP contribution < -0.4 is 10.2 Å². The van der Waals surface area contributed by atoms with E-state index in [1.165, 1.54) is 6.07 Å². The molecule has 5 heteroatoms. The summed E-state index contributed by atoms with van der Waals surface area (Å²) in [5.41, 5.74) is 2.49. The molecule has 4 nitrogen and oxygen atoms in total. The number of hydrogen-bond acceptors (Lipinski definition) is 3. The highest BCUT2D eigenvalue weighted by Crippen LogP contribution is 2.49. The van der Waals surface area contributed by atoms with Gasteiger partial charge in [0.2, 0.25) is 0 Å². The predicted molar refractivity (Wildman–Crippen MR) is 127 cm³/mol. The van der Waals surface area contributed by atoms with Crippen LogP contribution in [0.2, 0.25) is 0 Å². The molecule has 0 radical (unpaired) electrons. The summed E-state index contributed by atoms with van der Waals surface area (Å²) in [6, 6.07) is 22.0. The van der Waals surface area contributed by atoms with Crippen molar-refractivity contribution in [3.05, 3.63) is 108 Å². The zero-order chi connectivity index (χ0) is 23.2. The minimum Gasteiger partial charge on any atom is -0.357 e. The number of benzene rings is 3. The number of hydrogen-bond donors (Lipinski definition) is 1. The molecule has 0 saturated carbocycles. The van der Waals surface area contributed by atoms with Crippen molar-refractivity contribution in [1.29, 1.82) is 0 Å². The number of amides is 1. The van der Waals surface area contributed by atoms with Crippen LogP contribution in [-0.2, 0) is 4.79 Å². The fourth-order valence-electron chi connectivity index (χ4n) is 4.99. The van der Waals surface area contributed by atoms with Gasteiger partial charge in [-0.1, -0.05) is 68.5 Å². The minimum atomic E-state index is -0.829. The van der Waals surface area contributed by atoms with E-state index in [4.69, 9.17) is 0 Å². The Hall–Kier alpha value is -3.73. The summed E-state index contributed by atoms with van der Waals surface area (Å²) in [6.45, 7) is 4.02. The largest absolute Gasteiger partial charge is 0.357 e. The Kier molecular flexibility index (Phi) is 5.12. The lowest BCUT2D eigenvalue weighted by Crippen LogP contribution is -2.44. The number of allylic oxidation sites excluding steroid dienone is 1. The summed E-state index contributed by atoms with van der Waals surface area (Å²) in [6.07, 6.45) is 2.37. The molecule has 3 aromatic carbocycles. The van der Waals surface area contributed by atoms with Crippen molar-refractivity contribution in [3.8, 4) is 0 Å². The average molecular weight is 441 g/mol. The van der Waals surface area contributed by atoms with Gasteiger partial charge in [-0.15, -0.1) is 0 Å². The molecule has 1 amide bonds. The molecule has 2 unspecified atom stereocenters. The number of rotatable bonds is 2. The molecule has 2 atom stereocenters. The molecule has 1 aliphatic carbocycles. The van der Waals surface area contributed by atoms with E-state index in [2.05, 4.69) is 11.4 Å². The molecule has 0 aromatic heterocycles. The van der Waals surface area contributed by atoms with Crippen molar-refractivity contribution in [2.24, 2.45) is 11.3 Å². The van der Waals surface area contributed by atoms with E-state index in [0.29, 0.717) is 34.6 Å². The molecule has 166 valence electrons. The lowest BCUT2D eigenvalue weighted by atomic mass is 9.72. The van der Waals surface area contributed by atoms with Crippen LogP contribution in [0.5, 0.6) is 0 Å². The molecule has 0 saturated heterocycles. The van der Waals surface area contributed by atoms with Crippen molar-refractivity contribution in [2.45, 2.75) is 26.3 Å². The van der Waals surface area contributed by atoms with Crippen molar-refractivity contribution in [2.75, 3.05) is 10.2 Å². The van der Waals surface area contributed by atoms with E-state index in [1.807, 2.05) is 44.2 Å². The van der Waals surface area contributed by atoms with Crippen LogP contribution in [0.4, 0.5) is 15.8 Å². The molecule has 1 heterocycles. The second-order valence-corrected chi connectivity index (χ2v) is 9.36. The quantitative estimate of drug-likeness (QED) is 0.521. The Bertz CT molecular complexity index is 1270. The van der Waals surface area contributed by atoms with Crippen LogP contribution in [0.1, 0.15) is 42.2 Å². The summed E-state index contributed by atoms with van der Waals surface area (Å²) in [7, 11) is 0. The normalized spacial score (nSPS) is 21.2. The fourth-order valence-corrected chi connectivity index (χ4v) is 4.99. The van der Waals surface area contributed by atoms with Gasteiger partial charge in [0.25, 0.3) is 5.91 Å². The number of carbonyl (C=O) groups excluding carboxylic acids is 2. The second kappa shape index (κ2) is 8.00. The number of nitrogens with zero attached hydrogens (tertiary/aromatic N) is 1. The fraction of sp³-hybridized carbons (Fsp3) is 0.214. The molecule has 3 aromatic rings. The zero-order valence-corrected chi connectivity index (χ0v) is 18.6. The summed E-state index contributed by atoms with van der Waals surface area (Å²) in [4.78, 5) is 29.2. The van der Waals surface area contributed by atoms with Gasteiger partial charge in [0.15, 0.2) is 0 Å². The molecule has 5 rings (SSSR count). The van der Waals surface area contributed by atoms with Crippen LogP contribution >= 0.6 is 0 Å². The maximum atomic E-state index is 15.3. The number of anilines is 2. The Morgan fingerprint density at radius 2 is 1.64 bits per heavy atom. The average Bonchev–Trinajstić information content (AvgIpc) is 2.93. The van der Waals surface area contributed by atoms with Gasteiger partial charge < -0.3 is 5.32 Å². The van der Waals surface area contributed by atoms with Gasteiger partial charge >= 0.3 is 0 Å². The smallest absolute Gasteiger partial charge is 0.258 e. The maximum Gasteiger partial charge on any atom is 0.258 e. The van der Waals surface area contributed by atoms with E-state index >= 15 is 4.39 Å². The number of carbonyl (C=O) groups is 2. The van der Waals surface area contributed by atoms with E-state index in [-0.39, 0.29) is 17.1 Å². The minimum absolute atomic E-state index is 0.0167. The molecule has 33 heavy (non-hydrogen) atoms. The highest BCUT2D eigenvalue weighted by atomic mass is 19.1. The molecule has 1 N–H and O–H groups in total. The van der Waals surface area contributed by atoms with E-state index in [0.717, 1.165) is 0 Å². The van der Waals surface area contributed by atoms with Gasteiger partial charge in [-0.25, -0.2) is 4.39 Å². The van der Waals surface area contributed by atoms with E-state index in [1.54, 1.807) is 47.4 Å². The first kappa shape index (κ1) is 21.1. The summed E-state index contributed by atoms with van der Waals surface area (Å²) >= 11 is 0. The number of Topliss-reactive ketones (excluding diaryl/α,β-unsaturated/α-hetero) is 1. The Labute approximate surface area is 192 Å². The molecule has 1 aliphatic heterocycles. The summed E-state index contributed by atoms with van der Waals surface area (Å²) in [5.74, 6) is -1.45. The van der Waals surface area contributed by atoms with Crippen molar-refractivity contribution < 1.29 is 14.0 Å². The van der Waals surface area contributed by atoms with Gasteiger partial charge in [0, 0.05) is 23.2 Å². The first-order chi connectivity index (χ1) is 15.9. The number of halogens is 1. The highest BCUT2D eigenvalue weighted by Gasteiger charge is 2.47. The lowest BCUT2D eigenvalue weighted by molar-refractivity contribution is -0.124. The van der Waals surface area contributed by atoms with Crippen molar-refractivity contribution >= 4 is 23.1 Å². The SMILES string of the molecule is CC1(C)C=C2Nc3ccccc3N(C(=O)c3ccccc3)C(c3ccccc3F)C2C(=O)C1. The molecular formula is C28H25FN2O2. The first-order valence-corrected chi connectivity index (χ1v) is 11.1. The van der Waals surface area contributed by atoms with Crippen LogP contribution in [-0.4, -0.2) is 11.7 Å². The number of ketones is 1. The second-order valence-electron chi connectivity index (χ2n) is 9.36. The topological polar surface area (TPSA) is 49.4 Å². The first-order valence-electron chi connectivity index (χ1n) is 11.1. The summed E-state index contributed by atoms with van der Waals surface area (Å²) in [5, 5.41) is 3.43. The van der Waals surface area contributed by atoms with Crippen molar-refractivity contribution in [1.82, 2.24) is 0 Å². The third-order valence-corrected chi connectivity index (χ3v) is 6.36. The van der Waals surface area contributed by atoms with Gasteiger partial charge in [-0.2, -0.15) is 0 Å². The predicted octanol–water partition coefficient (Wildman–Crippen LogP) is 6.14. The monoisotopic (exact) mass is 440 g/mol. The standard InChI is InChI=1S/C28H25FN2O2/c1-28(2)16-22-25(24(32)17-28)26(19-12-6-7-13-20(19)29)31(23-15-9-8-14-21(23)30-22)27(33)18-10-4-3-5-11-18/h3-16,25-26,30H,17H2,1-2H3. The van der Waals surface area contributed by atoms with Gasteiger partial charge in [0.1, 0.15) is 11.6 Å². The van der Waals surface area contributed by atoms with Gasteiger partial charge in [-0.3, -0.25) is 14.5 Å². The van der Waals surface area contributed by atoms with E-state index in [9.17, 15) is 9.59 Å². The van der Waals surface area contributed by atoms with Crippen LogP contribution in [0.25, 0.3) is 0 Å². The Balaban J connectivity index is 1.81. The molecule has 2 aliphatic rings. The van der Waals surface area contributed by atoms with Gasteiger partial charge in [0.05, 0.1) is 23.3 Å². The van der Waals surface area contributed by atoms with Crippen LogP contribution in [0.15, 0.2) is 90.6 Å². The van der Waals surface area contributed by atoms with Crippen LogP contribution in [0, 0.1) is 17.2 Å². The molecule has 0 bridgehead atoms. The Morgan fingerprint density at radius 1 is 0.970 bits per heavy atom. The number of para-hydroxylation sites is 2. The molecular weight excluding hydrogens is 415 g/mol. The third-order valence-electron chi connectivity index (χ3n) is 6.36. The molecule has 0 fully saturated rings. The summed E-state index contributed by atoms with van der Waals surface area (Å²) < 4.78 is 15.3. The number of nitrogens with one attached hydrogen (secondary N) is 1. The Morgan fingerprint density at radius 3 is 2.39 bits per heavy atom. The maximum absolute atomic E-state index is 15.3.